The van der Waals surface area contributed by atoms with Crippen molar-refractivity contribution in [2.24, 2.45) is 0 Å². The second-order valence-electron chi connectivity index (χ2n) is 6.73. The highest BCUT2D eigenvalue weighted by Gasteiger charge is 2.41. The molecule has 2 aliphatic rings. The van der Waals surface area contributed by atoms with Crippen molar-refractivity contribution in [1.82, 2.24) is 20.5 Å². The number of aromatic nitrogens is 1. The summed E-state index contributed by atoms with van der Waals surface area (Å²) in [5, 5.41) is 15.6. The summed E-state index contributed by atoms with van der Waals surface area (Å²) in [7, 11) is 0. The molecule has 2 fully saturated rings. The number of likely N-dealkylation sites (tertiary alicyclic amines) is 1. The van der Waals surface area contributed by atoms with E-state index in [1.54, 1.807) is 6.07 Å². The topological polar surface area (TPSA) is 104 Å². The molecule has 1 aromatic rings. The number of carbonyl (C=O) groups is 2. The average molecular weight is 362 g/mol. The van der Waals surface area contributed by atoms with Gasteiger partial charge in [0.05, 0.1) is 6.04 Å². The number of carbonyl (C=O) groups excluding carboxylic acids is 2. The third kappa shape index (κ3) is 4.13. The SMILES string of the molecule is CCNC(=O)[C@@H]1C[C@H](NC(=O)c2ncccc2O)CN1C1CCOCC1. The van der Waals surface area contributed by atoms with Gasteiger partial charge in [-0.05, 0) is 38.3 Å². The number of nitrogens with zero attached hydrogens (tertiary/aromatic N) is 2. The van der Waals surface area contributed by atoms with Gasteiger partial charge in [-0.3, -0.25) is 14.5 Å². The van der Waals surface area contributed by atoms with Crippen molar-refractivity contribution in [3.8, 4) is 5.75 Å². The summed E-state index contributed by atoms with van der Waals surface area (Å²) in [4.78, 5) is 31.1. The zero-order valence-electron chi connectivity index (χ0n) is 15.0. The molecule has 0 radical (unpaired) electrons. The molecule has 8 heteroatoms. The fourth-order valence-corrected chi connectivity index (χ4v) is 3.76. The van der Waals surface area contributed by atoms with Crippen LogP contribution in [0.1, 0.15) is 36.7 Å². The molecule has 2 saturated heterocycles. The van der Waals surface area contributed by atoms with Crippen LogP contribution in [0.5, 0.6) is 5.75 Å². The Morgan fingerprint density at radius 2 is 2.15 bits per heavy atom. The van der Waals surface area contributed by atoms with E-state index in [9.17, 15) is 14.7 Å². The van der Waals surface area contributed by atoms with Crippen molar-refractivity contribution in [2.75, 3.05) is 26.3 Å². The van der Waals surface area contributed by atoms with Crippen molar-refractivity contribution in [2.45, 2.75) is 44.3 Å². The molecule has 3 heterocycles. The third-order valence-electron chi connectivity index (χ3n) is 4.99. The molecular weight excluding hydrogens is 336 g/mol. The van der Waals surface area contributed by atoms with Gasteiger partial charge in [-0.25, -0.2) is 4.98 Å². The van der Waals surface area contributed by atoms with Gasteiger partial charge in [-0.15, -0.1) is 0 Å². The van der Waals surface area contributed by atoms with Crippen LogP contribution in [-0.2, 0) is 9.53 Å². The molecule has 0 saturated carbocycles. The van der Waals surface area contributed by atoms with Gasteiger partial charge in [0.1, 0.15) is 5.75 Å². The Kier molecular flexibility index (Phi) is 6.05. The molecule has 3 rings (SSSR count). The first-order valence-electron chi connectivity index (χ1n) is 9.16. The zero-order valence-corrected chi connectivity index (χ0v) is 15.0. The Bertz CT molecular complexity index is 648. The van der Waals surface area contributed by atoms with Gasteiger partial charge in [-0.1, -0.05) is 0 Å². The lowest BCUT2D eigenvalue weighted by Gasteiger charge is -2.34. The van der Waals surface area contributed by atoms with E-state index in [1.165, 1.54) is 12.3 Å². The molecule has 142 valence electrons. The molecule has 8 nitrogen and oxygen atoms in total. The predicted octanol–water partition coefficient (Wildman–Crippen LogP) is 0.275. The molecular formula is C18H26N4O4. The molecule has 2 aliphatic heterocycles. The fourth-order valence-electron chi connectivity index (χ4n) is 3.76. The molecule has 2 amide bonds. The Morgan fingerprint density at radius 3 is 2.85 bits per heavy atom. The molecule has 26 heavy (non-hydrogen) atoms. The highest BCUT2D eigenvalue weighted by atomic mass is 16.5. The third-order valence-corrected chi connectivity index (χ3v) is 4.99. The summed E-state index contributed by atoms with van der Waals surface area (Å²) in [5.41, 5.74) is 0.00609. The Labute approximate surface area is 152 Å². The minimum atomic E-state index is -0.420. The lowest BCUT2D eigenvalue weighted by atomic mass is 10.1. The van der Waals surface area contributed by atoms with Gasteiger partial charge >= 0.3 is 0 Å². The van der Waals surface area contributed by atoms with E-state index in [1.807, 2.05) is 6.92 Å². The van der Waals surface area contributed by atoms with Crippen LogP contribution in [0.15, 0.2) is 18.3 Å². The Hall–Kier alpha value is -2.19. The van der Waals surface area contributed by atoms with E-state index in [0.717, 1.165) is 12.8 Å². The van der Waals surface area contributed by atoms with E-state index in [-0.39, 0.29) is 35.5 Å². The molecule has 2 atom stereocenters. The maximum absolute atomic E-state index is 12.5. The number of ether oxygens (including phenoxy) is 1. The average Bonchev–Trinajstić information content (AvgIpc) is 3.07. The number of likely N-dealkylation sites (N-methyl/N-ethyl adjacent to an activating group) is 1. The van der Waals surface area contributed by atoms with Crippen LogP contribution in [0.25, 0.3) is 0 Å². The maximum Gasteiger partial charge on any atom is 0.273 e. The van der Waals surface area contributed by atoms with Crippen molar-refractivity contribution in [3.05, 3.63) is 24.0 Å². The van der Waals surface area contributed by atoms with E-state index >= 15 is 0 Å². The molecule has 0 aromatic carbocycles. The minimum absolute atomic E-state index is 0.00331. The number of pyridine rings is 1. The van der Waals surface area contributed by atoms with E-state index in [2.05, 4.69) is 20.5 Å². The molecule has 1 aromatic heterocycles. The summed E-state index contributed by atoms with van der Waals surface area (Å²) in [6, 6.07) is 2.85. The van der Waals surface area contributed by atoms with Crippen molar-refractivity contribution < 1.29 is 19.4 Å². The monoisotopic (exact) mass is 362 g/mol. The van der Waals surface area contributed by atoms with E-state index in [0.29, 0.717) is 32.7 Å². The van der Waals surface area contributed by atoms with Gasteiger partial charge in [0, 0.05) is 44.6 Å². The number of rotatable bonds is 5. The molecule has 0 bridgehead atoms. The zero-order chi connectivity index (χ0) is 18.5. The van der Waals surface area contributed by atoms with E-state index in [4.69, 9.17) is 4.74 Å². The maximum atomic E-state index is 12.5. The summed E-state index contributed by atoms with van der Waals surface area (Å²) < 4.78 is 5.43. The van der Waals surface area contributed by atoms with Crippen LogP contribution in [0.3, 0.4) is 0 Å². The summed E-state index contributed by atoms with van der Waals surface area (Å²) in [6.45, 7) is 4.47. The quantitative estimate of drug-likeness (QED) is 0.695. The van der Waals surface area contributed by atoms with Gasteiger partial charge in [0.15, 0.2) is 5.69 Å². The number of nitrogens with one attached hydrogen (secondary N) is 2. The highest BCUT2D eigenvalue weighted by Crippen LogP contribution is 2.26. The normalized spacial score (nSPS) is 24.3. The van der Waals surface area contributed by atoms with Crippen LogP contribution >= 0.6 is 0 Å². The Balaban J connectivity index is 1.69. The summed E-state index contributed by atoms with van der Waals surface area (Å²) >= 11 is 0. The van der Waals surface area contributed by atoms with Crippen molar-refractivity contribution >= 4 is 11.8 Å². The molecule has 0 unspecified atom stereocenters. The van der Waals surface area contributed by atoms with Crippen LogP contribution in [0.2, 0.25) is 0 Å². The van der Waals surface area contributed by atoms with Crippen LogP contribution in [0.4, 0.5) is 0 Å². The van der Waals surface area contributed by atoms with Crippen LogP contribution < -0.4 is 10.6 Å². The molecule has 0 aliphatic carbocycles. The van der Waals surface area contributed by atoms with Gasteiger partial charge < -0.3 is 20.5 Å². The highest BCUT2D eigenvalue weighted by molar-refractivity contribution is 5.95. The minimum Gasteiger partial charge on any atom is -0.505 e. The number of amides is 2. The summed E-state index contributed by atoms with van der Waals surface area (Å²) in [6.07, 6.45) is 3.78. The van der Waals surface area contributed by atoms with E-state index < -0.39 is 5.91 Å². The first kappa shape index (κ1) is 18.6. The predicted molar refractivity (Wildman–Crippen MR) is 94.8 cm³/mol. The number of hydrogen-bond donors (Lipinski definition) is 3. The first-order valence-corrected chi connectivity index (χ1v) is 9.16. The number of aromatic hydroxyl groups is 1. The van der Waals surface area contributed by atoms with Gasteiger partial charge in [0.2, 0.25) is 5.91 Å². The smallest absolute Gasteiger partial charge is 0.273 e. The van der Waals surface area contributed by atoms with Crippen molar-refractivity contribution in [1.29, 1.82) is 0 Å². The lowest BCUT2D eigenvalue weighted by molar-refractivity contribution is -0.126. The van der Waals surface area contributed by atoms with Crippen LogP contribution in [-0.4, -0.2) is 71.2 Å². The molecule has 3 N–H and O–H groups in total. The second-order valence-corrected chi connectivity index (χ2v) is 6.73. The lowest BCUT2D eigenvalue weighted by Crippen LogP contribution is -2.49. The van der Waals surface area contributed by atoms with Crippen molar-refractivity contribution in [3.63, 3.8) is 0 Å². The molecule has 0 spiro atoms. The summed E-state index contributed by atoms with van der Waals surface area (Å²) in [5.74, 6) is -0.572. The first-order chi connectivity index (χ1) is 12.6. The van der Waals surface area contributed by atoms with Gasteiger partial charge in [0.25, 0.3) is 5.91 Å². The number of hydrogen-bond acceptors (Lipinski definition) is 6. The second kappa shape index (κ2) is 8.46. The Morgan fingerprint density at radius 1 is 1.38 bits per heavy atom. The van der Waals surface area contributed by atoms with Crippen LogP contribution in [0, 0.1) is 0 Å². The van der Waals surface area contributed by atoms with Gasteiger partial charge in [-0.2, -0.15) is 0 Å². The largest absolute Gasteiger partial charge is 0.505 e. The standard InChI is InChI=1S/C18H26N4O4/c1-2-19-17(24)14-10-12(11-22(14)13-5-8-26-9-6-13)21-18(25)16-15(23)4-3-7-20-16/h3-4,7,12-14,23H,2,5-6,8-11H2,1H3,(H,19,24)(H,21,25)/t12-,14-/m0/s1. The fraction of sp³-hybridized carbons (Fsp3) is 0.611.